The largest absolute Gasteiger partial charge is 0.465 e. The van der Waals surface area contributed by atoms with E-state index in [2.05, 4.69) is 10.6 Å². The Balaban J connectivity index is 1.42. The van der Waals surface area contributed by atoms with Crippen molar-refractivity contribution >= 4 is 30.1 Å². The molecule has 2 saturated carbocycles. The lowest BCUT2D eigenvalue weighted by Gasteiger charge is -2.36. The molecule has 0 heterocycles. The highest BCUT2D eigenvalue weighted by Crippen LogP contribution is 2.37. The van der Waals surface area contributed by atoms with Gasteiger partial charge in [-0.15, -0.1) is 0 Å². The number of anilines is 1. The third kappa shape index (κ3) is 9.31. The molecule has 0 saturated heterocycles. The summed E-state index contributed by atoms with van der Waals surface area (Å²) in [5.74, 6) is 0.117. The van der Waals surface area contributed by atoms with E-state index in [4.69, 9.17) is 4.74 Å². The zero-order valence-electron chi connectivity index (χ0n) is 26.2. The Bertz CT molecular complexity index is 1280. The summed E-state index contributed by atoms with van der Waals surface area (Å²) in [5, 5.41) is 16.5. The zero-order valence-corrected chi connectivity index (χ0v) is 26.2. The molecule has 2 aliphatic rings. The Labute approximate surface area is 260 Å². The van der Waals surface area contributed by atoms with Gasteiger partial charge in [0, 0.05) is 36.0 Å². The van der Waals surface area contributed by atoms with Crippen LogP contribution in [0.4, 0.5) is 15.3 Å². The normalized spacial score (nSPS) is 22.0. The third-order valence-corrected chi connectivity index (χ3v) is 8.67. The second-order valence-electron chi connectivity index (χ2n) is 13.2. The number of carbonyl (C=O) groups is 4. The molecule has 0 unspecified atom stereocenters. The Kier molecular flexibility index (Phi) is 11.4. The monoisotopic (exact) mass is 605 g/mol. The van der Waals surface area contributed by atoms with Crippen LogP contribution in [0.1, 0.15) is 84.1 Å². The minimum Gasteiger partial charge on any atom is -0.465 e. The van der Waals surface area contributed by atoms with Crippen LogP contribution in [-0.2, 0) is 20.7 Å². The molecule has 2 aromatic carbocycles. The van der Waals surface area contributed by atoms with Crippen molar-refractivity contribution in [3.63, 3.8) is 0 Å². The fraction of sp³-hybridized carbons (Fsp3) is 0.543. The van der Waals surface area contributed by atoms with Crippen molar-refractivity contribution < 1.29 is 29.0 Å². The molecule has 0 bridgehead atoms. The number of ether oxygens (including phenoxy) is 1. The number of amides is 3. The summed E-state index contributed by atoms with van der Waals surface area (Å²) in [7, 11) is 0. The topological polar surface area (TPSA) is 125 Å². The Hall–Kier alpha value is -3.88. The summed E-state index contributed by atoms with van der Waals surface area (Å²) in [6, 6.07) is 15.5. The number of carboxylic acid groups (broad SMARTS) is 1. The molecule has 44 heavy (non-hydrogen) atoms. The average Bonchev–Trinajstić information content (AvgIpc) is 2.99. The summed E-state index contributed by atoms with van der Waals surface area (Å²) < 4.78 is 5.40. The Morgan fingerprint density at radius 3 is 2.25 bits per heavy atom. The van der Waals surface area contributed by atoms with Gasteiger partial charge in [0.15, 0.2) is 0 Å². The Morgan fingerprint density at radius 2 is 1.64 bits per heavy atom. The lowest BCUT2D eigenvalue weighted by Crippen LogP contribution is -2.47. The van der Waals surface area contributed by atoms with Gasteiger partial charge in [0.25, 0.3) is 0 Å². The molecule has 0 aliphatic heterocycles. The van der Waals surface area contributed by atoms with Crippen LogP contribution in [0.25, 0.3) is 11.1 Å². The Morgan fingerprint density at radius 1 is 0.955 bits per heavy atom. The van der Waals surface area contributed by atoms with E-state index in [0.717, 1.165) is 55.1 Å². The highest BCUT2D eigenvalue weighted by atomic mass is 16.6. The van der Waals surface area contributed by atoms with Gasteiger partial charge < -0.3 is 25.3 Å². The van der Waals surface area contributed by atoms with Gasteiger partial charge in [-0.25, -0.2) is 9.59 Å². The number of hydrogen-bond donors (Lipinski definition) is 3. The van der Waals surface area contributed by atoms with Crippen LogP contribution in [0.15, 0.2) is 48.5 Å². The van der Waals surface area contributed by atoms with Gasteiger partial charge in [0.2, 0.25) is 5.91 Å². The lowest BCUT2D eigenvalue weighted by molar-refractivity contribution is -0.127. The predicted octanol–water partition coefficient (Wildman–Crippen LogP) is 6.73. The van der Waals surface area contributed by atoms with E-state index in [0.29, 0.717) is 44.3 Å². The van der Waals surface area contributed by atoms with Gasteiger partial charge in [0.05, 0.1) is 5.69 Å². The van der Waals surface area contributed by atoms with Gasteiger partial charge in [0.1, 0.15) is 11.9 Å². The molecule has 2 aliphatic carbocycles. The first-order valence-corrected chi connectivity index (χ1v) is 16.0. The van der Waals surface area contributed by atoms with E-state index in [1.54, 1.807) is 0 Å². The average molecular weight is 606 g/mol. The molecule has 0 radical (unpaired) electrons. The van der Waals surface area contributed by atoms with Crippen LogP contribution in [0.2, 0.25) is 0 Å². The molecule has 3 N–H and O–H groups in total. The zero-order chi connectivity index (χ0) is 31.7. The van der Waals surface area contributed by atoms with E-state index in [-0.39, 0.29) is 29.8 Å². The summed E-state index contributed by atoms with van der Waals surface area (Å²) in [6.07, 6.45) is 6.59. The molecular formula is C35H47N3O6. The van der Waals surface area contributed by atoms with Crippen molar-refractivity contribution in [1.29, 1.82) is 0 Å². The SMILES string of the molecule is CC(C)(C)OC(=O)NC1CCC(N(C(=O)O)c2cc(CCCNC(=O)[C@H]3CC[C@H](C=O)CC3)ccc2-c2ccccc2)CC1. The van der Waals surface area contributed by atoms with Gasteiger partial charge in [-0.05, 0) is 102 Å². The summed E-state index contributed by atoms with van der Waals surface area (Å²) in [6.45, 7) is 6.02. The number of hydrogen-bond acceptors (Lipinski definition) is 5. The minimum absolute atomic E-state index is 0.0264. The maximum atomic E-state index is 12.8. The van der Waals surface area contributed by atoms with Gasteiger partial charge in [-0.1, -0.05) is 42.5 Å². The molecule has 2 fully saturated rings. The quantitative estimate of drug-likeness (QED) is 0.204. The maximum absolute atomic E-state index is 12.8. The molecule has 4 rings (SSSR count). The number of aldehydes is 1. The molecule has 3 amide bonds. The smallest absolute Gasteiger partial charge is 0.412 e. The van der Waals surface area contributed by atoms with Crippen LogP contribution >= 0.6 is 0 Å². The van der Waals surface area contributed by atoms with Crippen LogP contribution < -0.4 is 15.5 Å². The van der Waals surface area contributed by atoms with E-state index in [9.17, 15) is 24.3 Å². The fourth-order valence-corrected chi connectivity index (χ4v) is 6.37. The van der Waals surface area contributed by atoms with E-state index < -0.39 is 17.8 Å². The number of benzene rings is 2. The number of carbonyl (C=O) groups excluding carboxylic acids is 3. The fourth-order valence-electron chi connectivity index (χ4n) is 6.37. The molecular weight excluding hydrogens is 558 g/mol. The number of nitrogens with zero attached hydrogens (tertiary/aromatic N) is 1. The first-order chi connectivity index (χ1) is 21.0. The van der Waals surface area contributed by atoms with E-state index in [1.807, 2.05) is 69.3 Å². The number of alkyl carbamates (subject to hydrolysis) is 1. The molecule has 0 spiro atoms. The van der Waals surface area contributed by atoms with Crippen molar-refractivity contribution in [3.8, 4) is 11.1 Å². The molecule has 238 valence electrons. The standard InChI is InChI=1S/C35H47N3O6/c1-35(2,3)44-33(41)37-28-16-18-29(19-17-28)38(34(42)43)31-22-24(13-20-30(31)26-9-5-4-6-10-26)8-7-21-36-32(40)27-14-11-25(23-39)12-15-27/h4-6,9-10,13,20,22-23,25,27-29H,7-8,11-12,14-19,21H2,1-3H3,(H,36,40)(H,37,41)(H,42,43)/t25-,27-,28?,29?. The van der Waals surface area contributed by atoms with Crippen molar-refractivity contribution in [2.45, 2.75) is 103 Å². The van der Waals surface area contributed by atoms with Gasteiger partial charge in [-0.3, -0.25) is 9.69 Å². The van der Waals surface area contributed by atoms with Crippen LogP contribution in [0.3, 0.4) is 0 Å². The summed E-state index contributed by atoms with van der Waals surface area (Å²) in [5.41, 5.74) is 2.87. The highest BCUT2D eigenvalue weighted by molar-refractivity contribution is 5.93. The highest BCUT2D eigenvalue weighted by Gasteiger charge is 2.33. The van der Waals surface area contributed by atoms with E-state index >= 15 is 0 Å². The van der Waals surface area contributed by atoms with Crippen LogP contribution in [0, 0.1) is 11.8 Å². The van der Waals surface area contributed by atoms with Crippen LogP contribution in [-0.4, -0.2) is 53.7 Å². The van der Waals surface area contributed by atoms with Gasteiger partial charge in [-0.2, -0.15) is 0 Å². The predicted molar refractivity (Wildman–Crippen MR) is 171 cm³/mol. The molecule has 9 heteroatoms. The summed E-state index contributed by atoms with van der Waals surface area (Å²) in [4.78, 5) is 50.2. The molecule has 2 aromatic rings. The maximum Gasteiger partial charge on any atom is 0.412 e. The number of nitrogens with one attached hydrogen (secondary N) is 2. The first-order valence-electron chi connectivity index (χ1n) is 16.0. The molecule has 0 aromatic heterocycles. The lowest BCUT2D eigenvalue weighted by atomic mass is 9.82. The van der Waals surface area contributed by atoms with Crippen molar-refractivity contribution in [3.05, 3.63) is 54.1 Å². The second kappa shape index (κ2) is 15.2. The van der Waals surface area contributed by atoms with Gasteiger partial charge >= 0.3 is 12.2 Å². The molecule has 9 nitrogen and oxygen atoms in total. The third-order valence-electron chi connectivity index (χ3n) is 8.67. The first kappa shape index (κ1) is 33.0. The second-order valence-corrected chi connectivity index (χ2v) is 13.2. The number of rotatable bonds is 10. The van der Waals surface area contributed by atoms with E-state index in [1.165, 1.54) is 4.90 Å². The van der Waals surface area contributed by atoms with Crippen molar-refractivity contribution in [2.24, 2.45) is 11.8 Å². The minimum atomic E-state index is -1.00. The van der Waals surface area contributed by atoms with Crippen molar-refractivity contribution in [2.75, 3.05) is 11.4 Å². The summed E-state index contributed by atoms with van der Waals surface area (Å²) >= 11 is 0. The molecule has 0 atom stereocenters. The van der Waals surface area contributed by atoms with Crippen molar-refractivity contribution in [1.82, 2.24) is 10.6 Å². The van der Waals surface area contributed by atoms with Crippen LogP contribution in [0.5, 0.6) is 0 Å². The number of aryl methyl sites for hydroxylation is 1.